The second-order valence-corrected chi connectivity index (χ2v) is 3.43. The van der Waals surface area contributed by atoms with Crippen molar-refractivity contribution in [1.29, 1.82) is 0 Å². The van der Waals surface area contributed by atoms with Crippen molar-refractivity contribution in [2.24, 2.45) is 5.73 Å². The van der Waals surface area contributed by atoms with Crippen LogP contribution in [0.1, 0.15) is 10.4 Å². The maximum Gasteiger partial charge on any atom is 0.330 e. The molecule has 0 aromatic heterocycles. The fourth-order valence-corrected chi connectivity index (χ4v) is 1.46. The Kier molecular flexibility index (Phi) is 4.52. The van der Waals surface area contributed by atoms with Crippen LogP contribution in [0.15, 0.2) is 18.2 Å². The van der Waals surface area contributed by atoms with E-state index in [1.54, 1.807) is 6.07 Å². The predicted molar refractivity (Wildman–Crippen MR) is 64.1 cm³/mol. The molecular formula is C11H12ClNO5. The summed E-state index contributed by atoms with van der Waals surface area (Å²) in [7, 11) is 1.18. The molecule has 6 nitrogen and oxygen atoms in total. The number of rotatable bonds is 3. The molecular weight excluding hydrogens is 262 g/mol. The van der Waals surface area contributed by atoms with Gasteiger partial charge in [0.15, 0.2) is 23.3 Å². The smallest absolute Gasteiger partial charge is 0.330 e. The normalized spacial score (nSPS) is 13.4. The standard InChI is InChI=1S/C11H11NO5.ClH/c1-15-11(14)9(12)10(13)6-2-3-7-8(4-6)17-5-16-7;/h2-4,9H,5,12H2,1H3;1H/t9-;/m0./s1. The molecule has 1 heterocycles. The van der Waals surface area contributed by atoms with Crippen LogP contribution >= 0.6 is 12.4 Å². The number of methoxy groups -OCH3 is 1. The Bertz CT molecular complexity index is 477. The highest BCUT2D eigenvalue weighted by molar-refractivity contribution is 6.12. The quantitative estimate of drug-likeness (QED) is 0.491. The summed E-state index contributed by atoms with van der Waals surface area (Å²) in [6, 6.07) is 3.30. The van der Waals surface area contributed by atoms with Crippen LogP contribution in [0.2, 0.25) is 0 Å². The molecule has 1 aromatic rings. The maximum atomic E-state index is 11.8. The van der Waals surface area contributed by atoms with Crippen LogP contribution in [-0.4, -0.2) is 31.7 Å². The zero-order chi connectivity index (χ0) is 12.4. The summed E-state index contributed by atoms with van der Waals surface area (Å²) in [5.41, 5.74) is 5.74. The number of Topliss-reactive ketones (excluding diaryl/α,β-unsaturated/α-hetero) is 1. The lowest BCUT2D eigenvalue weighted by Crippen LogP contribution is -2.39. The van der Waals surface area contributed by atoms with E-state index in [9.17, 15) is 9.59 Å². The van der Waals surface area contributed by atoms with E-state index in [4.69, 9.17) is 15.2 Å². The summed E-state index contributed by atoms with van der Waals surface area (Å²) < 4.78 is 14.6. The van der Waals surface area contributed by atoms with Gasteiger partial charge in [-0.3, -0.25) is 4.79 Å². The average Bonchev–Trinajstić information content (AvgIpc) is 2.83. The van der Waals surface area contributed by atoms with Crippen LogP contribution in [0, 0.1) is 0 Å². The van der Waals surface area contributed by atoms with E-state index < -0.39 is 17.8 Å². The molecule has 0 aliphatic carbocycles. The number of hydrogen-bond donors (Lipinski definition) is 1. The summed E-state index contributed by atoms with van der Waals surface area (Å²) >= 11 is 0. The molecule has 1 aliphatic rings. The molecule has 1 atom stereocenters. The Morgan fingerprint density at radius 3 is 2.67 bits per heavy atom. The number of carbonyl (C=O) groups excluding carboxylic acids is 2. The van der Waals surface area contributed by atoms with Gasteiger partial charge in [-0.2, -0.15) is 0 Å². The van der Waals surface area contributed by atoms with Crippen molar-refractivity contribution in [3.05, 3.63) is 23.8 Å². The van der Waals surface area contributed by atoms with E-state index in [1.807, 2.05) is 0 Å². The van der Waals surface area contributed by atoms with Gasteiger partial charge in [0.1, 0.15) is 0 Å². The molecule has 0 saturated carbocycles. The van der Waals surface area contributed by atoms with Crippen molar-refractivity contribution in [3.8, 4) is 11.5 Å². The highest BCUT2D eigenvalue weighted by Gasteiger charge is 2.25. The fourth-order valence-electron chi connectivity index (χ4n) is 1.46. The minimum atomic E-state index is -1.32. The van der Waals surface area contributed by atoms with Gasteiger partial charge < -0.3 is 19.9 Å². The molecule has 2 rings (SSSR count). The van der Waals surface area contributed by atoms with Gasteiger partial charge in [-0.25, -0.2) is 4.79 Å². The first-order chi connectivity index (χ1) is 8.13. The van der Waals surface area contributed by atoms with Crippen molar-refractivity contribution in [2.75, 3.05) is 13.9 Å². The van der Waals surface area contributed by atoms with Crippen molar-refractivity contribution < 1.29 is 23.8 Å². The van der Waals surface area contributed by atoms with Gasteiger partial charge in [0.25, 0.3) is 0 Å². The van der Waals surface area contributed by atoms with Crippen LogP contribution in [0.5, 0.6) is 11.5 Å². The predicted octanol–water partition coefficient (Wildman–Crippen LogP) is 0.520. The topological polar surface area (TPSA) is 87.9 Å². The molecule has 0 unspecified atom stereocenters. The Balaban J connectivity index is 0.00000162. The number of carbonyl (C=O) groups is 2. The summed E-state index contributed by atoms with van der Waals surface area (Å²) in [6.07, 6.45) is 0. The summed E-state index contributed by atoms with van der Waals surface area (Å²) in [5.74, 6) is -0.260. The molecule has 7 heteroatoms. The Hall–Kier alpha value is -1.79. The van der Waals surface area contributed by atoms with Crippen LogP contribution in [-0.2, 0) is 9.53 Å². The Morgan fingerprint density at radius 2 is 2.00 bits per heavy atom. The van der Waals surface area contributed by atoms with Crippen LogP contribution < -0.4 is 15.2 Å². The highest BCUT2D eigenvalue weighted by Crippen LogP contribution is 2.32. The number of ether oxygens (including phenoxy) is 3. The van der Waals surface area contributed by atoms with Gasteiger partial charge in [0.05, 0.1) is 7.11 Å². The zero-order valence-electron chi connectivity index (χ0n) is 9.54. The second-order valence-electron chi connectivity index (χ2n) is 3.43. The minimum Gasteiger partial charge on any atom is -0.468 e. The van der Waals surface area contributed by atoms with Crippen molar-refractivity contribution in [1.82, 2.24) is 0 Å². The van der Waals surface area contributed by atoms with E-state index in [2.05, 4.69) is 4.74 Å². The minimum absolute atomic E-state index is 0. The van der Waals surface area contributed by atoms with Crippen LogP contribution in [0.4, 0.5) is 0 Å². The number of fused-ring (bicyclic) bond motifs is 1. The SMILES string of the molecule is COC(=O)[C@@H](N)C(=O)c1ccc2c(c1)OCO2.Cl. The maximum absolute atomic E-state index is 11.8. The van der Waals surface area contributed by atoms with Crippen LogP contribution in [0.25, 0.3) is 0 Å². The Morgan fingerprint density at radius 1 is 1.33 bits per heavy atom. The number of halogens is 1. The third-order valence-electron chi connectivity index (χ3n) is 2.39. The molecule has 0 fully saturated rings. The van der Waals surface area contributed by atoms with Gasteiger partial charge in [-0.15, -0.1) is 12.4 Å². The fraction of sp³-hybridized carbons (Fsp3) is 0.273. The number of esters is 1. The molecule has 1 aliphatic heterocycles. The van der Waals surface area contributed by atoms with Crippen molar-refractivity contribution >= 4 is 24.2 Å². The highest BCUT2D eigenvalue weighted by atomic mass is 35.5. The molecule has 0 radical (unpaired) electrons. The lowest BCUT2D eigenvalue weighted by Gasteiger charge is -2.08. The van der Waals surface area contributed by atoms with Gasteiger partial charge in [0, 0.05) is 5.56 Å². The number of ketones is 1. The lowest BCUT2D eigenvalue weighted by atomic mass is 10.0. The average molecular weight is 274 g/mol. The third kappa shape index (κ3) is 2.55. The molecule has 98 valence electrons. The second kappa shape index (κ2) is 5.70. The van der Waals surface area contributed by atoms with Gasteiger partial charge in [0.2, 0.25) is 6.79 Å². The Labute approximate surface area is 109 Å². The first-order valence-electron chi connectivity index (χ1n) is 4.90. The van der Waals surface area contributed by atoms with E-state index >= 15 is 0 Å². The van der Waals surface area contributed by atoms with Gasteiger partial charge >= 0.3 is 5.97 Å². The number of nitrogens with two attached hydrogens (primary N) is 1. The summed E-state index contributed by atoms with van der Waals surface area (Å²) in [5, 5.41) is 0. The molecule has 2 N–H and O–H groups in total. The monoisotopic (exact) mass is 273 g/mol. The largest absolute Gasteiger partial charge is 0.468 e. The zero-order valence-corrected chi connectivity index (χ0v) is 10.4. The molecule has 0 spiro atoms. The lowest BCUT2D eigenvalue weighted by molar-refractivity contribution is -0.140. The summed E-state index contributed by atoms with van der Waals surface area (Å²) in [4.78, 5) is 23.0. The van der Waals surface area contributed by atoms with E-state index in [0.29, 0.717) is 11.5 Å². The molecule has 0 amide bonds. The van der Waals surface area contributed by atoms with Crippen molar-refractivity contribution in [3.63, 3.8) is 0 Å². The van der Waals surface area contributed by atoms with E-state index in [1.165, 1.54) is 19.2 Å². The van der Waals surface area contributed by atoms with Gasteiger partial charge in [-0.05, 0) is 18.2 Å². The first-order valence-corrected chi connectivity index (χ1v) is 4.90. The van der Waals surface area contributed by atoms with E-state index in [0.717, 1.165) is 0 Å². The molecule has 18 heavy (non-hydrogen) atoms. The van der Waals surface area contributed by atoms with Gasteiger partial charge in [-0.1, -0.05) is 0 Å². The number of benzene rings is 1. The van der Waals surface area contributed by atoms with Crippen molar-refractivity contribution in [2.45, 2.75) is 6.04 Å². The van der Waals surface area contributed by atoms with Crippen LogP contribution in [0.3, 0.4) is 0 Å². The third-order valence-corrected chi connectivity index (χ3v) is 2.39. The first kappa shape index (κ1) is 14.3. The van der Waals surface area contributed by atoms with E-state index in [-0.39, 0.29) is 24.8 Å². The summed E-state index contributed by atoms with van der Waals surface area (Å²) in [6.45, 7) is 0.121. The number of hydrogen-bond acceptors (Lipinski definition) is 6. The molecule has 0 saturated heterocycles. The molecule has 1 aromatic carbocycles. The molecule has 0 bridgehead atoms.